The molecular formula is C15H18N4O. The van der Waals surface area contributed by atoms with Gasteiger partial charge >= 0.3 is 0 Å². The van der Waals surface area contributed by atoms with Gasteiger partial charge in [0.05, 0.1) is 18.4 Å². The zero-order valence-corrected chi connectivity index (χ0v) is 11.5. The molecule has 2 heterocycles. The van der Waals surface area contributed by atoms with Crippen molar-refractivity contribution in [3.63, 3.8) is 0 Å². The van der Waals surface area contributed by atoms with Crippen LogP contribution in [0.1, 0.15) is 24.0 Å². The van der Waals surface area contributed by atoms with Gasteiger partial charge in [0.1, 0.15) is 0 Å². The molecule has 104 valence electrons. The number of rotatable bonds is 5. The molecule has 0 amide bonds. The van der Waals surface area contributed by atoms with Gasteiger partial charge in [0.15, 0.2) is 0 Å². The SMILES string of the molecule is Cc1cncc(Cn2ncc(NCC3CC3)cc2=O)c1. The molecule has 5 nitrogen and oxygen atoms in total. The Morgan fingerprint density at radius 3 is 2.85 bits per heavy atom. The molecule has 0 saturated heterocycles. The molecule has 2 aromatic heterocycles. The first-order valence-electron chi connectivity index (χ1n) is 6.92. The molecule has 0 radical (unpaired) electrons. The molecular weight excluding hydrogens is 252 g/mol. The third-order valence-electron chi connectivity index (χ3n) is 3.43. The van der Waals surface area contributed by atoms with Gasteiger partial charge < -0.3 is 5.32 Å². The van der Waals surface area contributed by atoms with E-state index < -0.39 is 0 Å². The standard InChI is InChI=1S/C15H18N4O/c1-11-4-13(7-16-6-11)10-19-15(20)5-14(9-18-19)17-8-12-2-3-12/h4-7,9,12,17H,2-3,8,10H2,1H3. The minimum atomic E-state index is -0.0905. The highest BCUT2D eigenvalue weighted by Crippen LogP contribution is 2.28. The lowest BCUT2D eigenvalue weighted by molar-refractivity contribution is 0.637. The maximum Gasteiger partial charge on any atom is 0.269 e. The van der Waals surface area contributed by atoms with Crippen molar-refractivity contribution < 1.29 is 0 Å². The van der Waals surface area contributed by atoms with E-state index in [1.807, 2.05) is 13.0 Å². The van der Waals surface area contributed by atoms with E-state index in [1.165, 1.54) is 17.5 Å². The highest BCUT2D eigenvalue weighted by molar-refractivity contribution is 5.39. The number of hydrogen-bond donors (Lipinski definition) is 1. The first-order valence-corrected chi connectivity index (χ1v) is 6.92. The molecule has 20 heavy (non-hydrogen) atoms. The third-order valence-corrected chi connectivity index (χ3v) is 3.43. The van der Waals surface area contributed by atoms with Crippen molar-refractivity contribution in [1.82, 2.24) is 14.8 Å². The van der Waals surface area contributed by atoms with Gasteiger partial charge in [-0.05, 0) is 36.8 Å². The monoisotopic (exact) mass is 270 g/mol. The number of nitrogens with one attached hydrogen (secondary N) is 1. The van der Waals surface area contributed by atoms with E-state index in [-0.39, 0.29) is 5.56 Å². The van der Waals surface area contributed by atoms with Crippen LogP contribution in [0.15, 0.2) is 35.5 Å². The van der Waals surface area contributed by atoms with Crippen LogP contribution in [0.5, 0.6) is 0 Å². The van der Waals surface area contributed by atoms with E-state index in [9.17, 15) is 4.79 Å². The van der Waals surface area contributed by atoms with Crippen molar-refractivity contribution >= 4 is 5.69 Å². The largest absolute Gasteiger partial charge is 0.383 e. The van der Waals surface area contributed by atoms with E-state index in [0.717, 1.165) is 29.3 Å². The van der Waals surface area contributed by atoms with Crippen LogP contribution in [0.3, 0.4) is 0 Å². The second kappa shape index (κ2) is 5.45. The van der Waals surface area contributed by atoms with Gasteiger partial charge in [-0.15, -0.1) is 0 Å². The average molecular weight is 270 g/mol. The molecule has 5 heteroatoms. The summed E-state index contributed by atoms with van der Waals surface area (Å²) in [6.07, 6.45) is 7.85. The quantitative estimate of drug-likeness (QED) is 0.900. The Bertz CT molecular complexity index is 661. The number of aromatic nitrogens is 3. The lowest BCUT2D eigenvalue weighted by atomic mass is 10.2. The highest BCUT2D eigenvalue weighted by atomic mass is 16.1. The number of hydrogen-bond acceptors (Lipinski definition) is 4. The molecule has 1 fully saturated rings. The molecule has 1 aliphatic carbocycles. The molecule has 0 bridgehead atoms. The smallest absolute Gasteiger partial charge is 0.269 e. The maximum absolute atomic E-state index is 12.0. The second-order valence-corrected chi connectivity index (χ2v) is 5.43. The van der Waals surface area contributed by atoms with Gasteiger partial charge in [0, 0.05) is 25.0 Å². The van der Waals surface area contributed by atoms with Gasteiger partial charge in [-0.2, -0.15) is 5.10 Å². The molecule has 0 atom stereocenters. The van der Waals surface area contributed by atoms with Crippen LogP contribution >= 0.6 is 0 Å². The maximum atomic E-state index is 12.0. The summed E-state index contributed by atoms with van der Waals surface area (Å²) in [7, 11) is 0. The van der Waals surface area contributed by atoms with Gasteiger partial charge in [-0.3, -0.25) is 9.78 Å². The van der Waals surface area contributed by atoms with E-state index in [2.05, 4.69) is 15.4 Å². The van der Waals surface area contributed by atoms with Crippen molar-refractivity contribution in [3.8, 4) is 0 Å². The predicted molar refractivity (Wildman–Crippen MR) is 77.8 cm³/mol. The molecule has 0 unspecified atom stereocenters. The summed E-state index contributed by atoms with van der Waals surface area (Å²) in [6.45, 7) is 3.38. The topological polar surface area (TPSA) is 59.8 Å². The lowest BCUT2D eigenvalue weighted by Crippen LogP contribution is -2.23. The molecule has 3 rings (SSSR count). The Morgan fingerprint density at radius 2 is 2.15 bits per heavy atom. The predicted octanol–water partition coefficient (Wildman–Crippen LogP) is 1.82. The second-order valence-electron chi connectivity index (χ2n) is 5.43. The van der Waals surface area contributed by atoms with Crippen LogP contribution in [0.2, 0.25) is 0 Å². The van der Waals surface area contributed by atoms with Crippen LogP contribution in [-0.4, -0.2) is 21.3 Å². The van der Waals surface area contributed by atoms with E-state index in [0.29, 0.717) is 6.54 Å². The summed E-state index contributed by atoms with van der Waals surface area (Å²) in [5.41, 5.74) is 2.78. The van der Waals surface area contributed by atoms with Gasteiger partial charge in [-0.1, -0.05) is 6.07 Å². The van der Waals surface area contributed by atoms with Crippen LogP contribution in [-0.2, 0) is 6.54 Å². The highest BCUT2D eigenvalue weighted by Gasteiger charge is 2.20. The average Bonchev–Trinajstić information content (AvgIpc) is 3.23. The Morgan fingerprint density at radius 1 is 1.30 bits per heavy atom. The minimum absolute atomic E-state index is 0.0905. The van der Waals surface area contributed by atoms with Gasteiger partial charge in [0.25, 0.3) is 5.56 Å². The minimum Gasteiger partial charge on any atom is -0.383 e. The Kier molecular flexibility index (Phi) is 3.50. The van der Waals surface area contributed by atoms with Gasteiger partial charge in [0.2, 0.25) is 0 Å². The lowest BCUT2D eigenvalue weighted by Gasteiger charge is -2.08. The molecule has 0 aromatic carbocycles. The molecule has 1 saturated carbocycles. The summed E-state index contributed by atoms with van der Waals surface area (Å²) in [6, 6.07) is 3.62. The number of aryl methyl sites for hydroxylation is 1. The Hall–Kier alpha value is -2.17. The van der Waals surface area contributed by atoms with E-state index in [1.54, 1.807) is 24.7 Å². The van der Waals surface area contributed by atoms with Crippen LogP contribution in [0, 0.1) is 12.8 Å². The summed E-state index contributed by atoms with van der Waals surface area (Å²) in [5, 5.41) is 7.47. The van der Waals surface area contributed by atoms with Crippen molar-refractivity contribution in [2.24, 2.45) is 5.92 Å². The van der Waals surface area contributed by atoms with Crippen molar-refractivity contribution in [3.05, 3.63) is 52.2 Å². The summed E-state index contributed by atoms with van der Waals surface area (Å²) >= 11 is 0. The normalized spacial score (nSPS) is 14.2. The van der Waals surface area contributed by atoms with Crippen molar-refractivity contribution in [1.29, 1.82) is 0 Å². The van der Waals surface area contributed by atoms with Crippen molar-refractivity contribution in [2.75, 3.05) is 11.9 Å². The van der Waals surface area contributed by atoms with Crippen LogP contribution in [0.25, 0.3) is 0 Å². The number of anilines is 1. The van der Waals surface area contributed by atoms with Crippen LogP contribution in [0.4, 0.5) is 5.69 Å². The Labute approximate surface area is 117 Å². The summed E-state index contributed by atoms with van der Waals surface area (Å²) in [5.74, 6) is 0.774. The summed E-state index contributed by atoms with van der Waals surface area (Å²) in [4.78, 5) is 16.2. The summed E-state index contributed by atoms with van der Waals surface area (Å²) < 4.78 is 1.46. The zero-order valence-electron chi connectivity index (χ0n) is 11.5. The first-order chi connectivity index (χ1) is 9.70. The fourth-order valence-electron chi connectivity index (χ4n) is 2.11. The molecule has 2 aromatic rings. The van der Waals surface area contributed by atoms with Crippen LogP contribution < -0.4 is 10.9 Å². The number of nitrogens with zero attached hydrogens (tertiary/aromatic N) is 3. The first kappa shape index (κ1) is 12.8. The molecule has 1 aliphatic rings. The van der Waals surface area contributed by atoms with Crippen molar-refractivity contribution in [2.45, 2.75) is 26.3 Å². The van der Waals surface area contributed by atoms with E-state index >= 15 is 0 Å². The third kappa shape index (κ3) is 3.23. The molecule has 0 spiro atoms. The van der Waals surface area contributed by atoms with Gasteiger partial charge in [-0.25, -0.2) is 4.68 Å². The molecule has 0 aliphatic heterocycles. The van der Waals surface area contributed by atoms with E-state index in [4.69, 9.17) is 0 Å². The number of pyridine rings is 1. The zero-order chi connectivity index (χ0) is 13.9. The Balaban J connectivity index is 1.71. The fourth-order valence-corrected chi connectivity index (χ4v) is 2.11. The molecule has 1 N–H and O–H groups in total. The fraction of sp³-hybridized carbons (Fsp3) is 0.400.